The number of aromatic nitrogens is 4. The Hall–Kier alpha value is -2.15. The molecule has 2 aliphatic heterocycles. The predicted molar refractivity (Wildman–Crippen MR) is 83.0 cm³/mol. The molecule has 0 aliphatic carbocycles. The van der Waals surface area contributed by atoms with Gasteiger partial charge in [-0.25, -0.2) is 9.55 Å². The molecule has 0 aromatic carbocycles. The van der Waals surface area contributed by atoms with E-state index in [2.05, 4.69) is 20.3 Å². The summed E-state index contributed by atoms with van der Waals surface area (Å²) in [6, 6.07) is 0. The highest BCUT2D eigenvalue weighted by Gasteiger charge is 2.57. The van der Waals surface area contributed by atoms with Crippen molar-refractivity contribution in [3.8, 4) is 0 Å². The topological polar surface area (TPSA) is 178 Å². The molecule has 2 fully saturated rings. The van der Waals surface area contributed by atoms with E-state index in [-0.39, 0.29) is 17.1 Å². The van der Waals surface area contributed by atoms with Crippen molar-refractivity contribution in [2.75, 3.05) is 11.9 Å². The fourth-order valence-electron chi connectivity index (χ4n) is 2.99. The Labute approximate surface area is 144 Å². The molecule has 2 aliphatic rings. The third kappa shape index (κ3) is 2.74. The molecule has 0 radical (unpaired) electrons. The Morgan fingerprint density at radius 3 is 2.88 bits per heavy atom. The Morgan fingerprint density at radius 1 is 1.46 bits per heavy atom. The van der Waals surface area contributed by atoms with Crippen LogP contribution < -0.4 is 10.9 Å². The maximum atomic E-state index is 12.1. The number of phosphoric acid groups is 1. The lowest BCUT2D eigenvalue weighted by Gasteiger charge is -2.18. The Morgan fingerprint density at radius 2 is 2.19 bits per heavy atom. The first-order valence-electron chi connectivity index (χ1n) is 7.49. The van der Waals surface area contributed by atoms with E-state index < -0.39 is 50.4 Å². The number of nitrogens with zero attached hydrogens (tertiary/aromatic N) is 3. The van der Waals surface area contributed by atoms with Crippen LogP contribution in [-0.2, 0) is 23.1 Å². The number of carbonyl (C=O) groups is 1. The van der Waals surface area contributed by atoms with Crippen molar-refractivity contribution in [3.05, 3.63) is 16.7 Å². The molecule has 2 unspecified atom stereocenters. The summed E-state index contributed by atoms with van der Waals surface area (Å²) in [6.07, 6.45) is -2.69. The molecule has 140 valence electrons. The van der Waals surface area contributed by atoms with Crippen LogP contribution in [0.25, 0.3) is 11.2 Å². The monoisotopic (exact) mass is 387 g/mol. The summed E-state index contributed by atoms with van der Waals surface area (Å²) in [5, 5.41) is 11.8. The molecular weight excluding hydrogens is 373 g/mol. The predicted octanol–water partition coefficient (Wildman–Crippen LogP) is -1.15. The molecule has 5 atom stereocenters. The number of fused-ring (bicyclic) bond motifs is 2. The van der Waals surface area contributed by atoms with Crippen LogP contribution in [-0.4, -0.2) is 60.3 Å². The van der Waals surface area contributed by atoms with E-state index in [1.165, 1.54) is 17.8 Å². The molecule has 13 nitrogen and oxygen atoms in total. The molecule has 2 saturated heterocycles. The zero-order valence-corrected chi connectivity index (χ0v) is 14.1. The van der Waals surface area contributed by atoms with Crippen LogP contribution in [0.15, 0.2) is 11.1 Å². The van der Waals surface area contributed by atoms with Crippen LogP contribution in [0.3, 0.4) is 0 Å². The van der Waals surface area contributed by atoms with Gasteiger partial charge in [0.15, 0.2) is 17.4 Å². The summed E-state index contributed by atoms with van der Waals surface area (Å²) >= 11 is 0. The zero-order chi connectivity index (χ0) is 18.6. The van der Waals surface area contributed by atoms with Gasteiger partial charge < -0.3 is 14.7 Å². The van der Waals surface area contributed by atoms with Crippen molar-refractivity contribution in [2.45, 2.75) is 31.5 Å². The number of H-pyrrole nitrogens is 1. The summed E-state index contributed by atoms with van der Waals surface area (Å²) in [7, 11) is -4.28. The Balaban J connectivity index is 1.79. The first-order valence-corrected chi connectivity index (χ1v) is 8.99. The van der Waals surface area contributed by atoms with Gasteiger partial charge >= 0.3 is 7.82 Å². The van der Waals surface area contributed by atoms with Gasteiger partial charge in [0.2, 0.25) is 11.9 Å². The molecular formula is C12H14N5O8P. The fraction of sp³-hybridized carbons (Fsp3) is 0.500. The number of amides is 1. The summed E-state index contributed by atoms with van der Waals surface area (Å²) in [4.78, 5) is 43.3. The highest BCUT2D eigenvalue weighted by Crippen LogP contribution is 2.58. The number of carbonyl (C=O) groups excluding carboxylic acids is 1. The molecule has 2 aromatic heterocycles. The van der Waals surface area contributed by atoms with Gasteiger partial charge in [-0.15, -0.1) is 0 Å². The number of nitrogens with one attached hydrogen (secondary N) is 2. The van der Waals surface area contributed by atoms with Gasteiger partial charge in [-0.1, -0.05) is 0 Å². The van der Waals surface area contributed by atoms with E-state index in [0.29, 0.717) is 0 Å². The van der Waals surface area contributed by atoms with Crippen molar-refractivity contribution in [1.82, 2.24) is 19.5 Å². The number of hydrogen-bond donors (Lipinski definition) is 4. The van der Waals surface area contributed by atoms with Gasteiger partial charge in [0, 0.05) is 6.92 Å². The molecule has 14 heteroatoms. The molecule has 4 rings (SSSR count). The minimum absolute atomic E-state index is 0.0298. The first kappa shape index (κ1) is 17.3. The lowest BCUT2D eigenvalue weighted by atomic mass is 10.1. The lowest BCUT2D eigenvalue weighted by Crippen LogP contribution is -2.30. The van der Waals surface area contributed by atoms with Crippen molar-refractivity contribution in [3.63, 3.8) is 0 Å². The molecule has 1 amide bonds. The standard InChI is InChI=1S/C12H14N5O8P/c1-4(19)14-12-15-9-6(10(20)16-12)13-3-17(9)11-8-7(5(2-18)23-11)24-26(21,22)25-8/h3,5,7-8,11,18H,2H2,1H3,(H,21,22)(H2,14,15,16,19,20)/t5-,7?,8+,11-/m1/s1. The third-order valence-electron chi connectivity index (χ3n) is 3.98. The highest BCUT2D eigenvalue weighted by molar-refractivity contribution is 7.47. The summed E-state index contributed by atoms with van der Waals surface area (Å²) in [5.74, 6) is -0.536. The SMILES string of the molecule is CC(=O)Nc1nc2c(ncn2[C@@H]2O[C@H](CO)C3OP(=O)(O)O[C@@H]32)c(=O)[nH]1. The van der Waals surface area contributed by atoms with E-state index in [1.807, 2.05) is 0 Å². The smallest absolute Gasteiger partial charge is 0.394 e. The largest absolute Gasteiger partial charge is 0.473 e. The Kier molecular flexibility index (Phi) is 3.95. The number of anilines is 1. The molecule has 0 spiro atoms. The lowest BCUT2D eigenvalue weighted by molar-refractivity contribution is -0.114. The van der Waals surface area contributed by atoms with Gasteiger partial charge in [-0.05, 0) is 0 Å². The second-order valence-electron chi connectivity index (χ2n) is 5.78. The number of ether oxygens (including phenoxy) is 1. The summed E-state index contributed by atoms with van der Waals surface area (Å²) < 4.78 is 28.7. The van der Waals surface area contributed by atoms with Crippen molar-refractivity contribution >= 4 is 30.8 Å². The van der Waals surface area contributed by atoms with E-state index in [4.69, 9.17) is 13.8 Å². The first-order chi connectivity index (χ1) is 12.3. The van der Waals surface area contributed by atoms with Gasteiger partial charge in [0.1, 0.15) is 18.3 Å². The maximum absolute atomic E-state index is 12.1. The van der Waals surface area contributed by atoms with E-state index >= 15 is 0 Å². The molecule has 4 N–H and O–H groups in total. The molecule has 26 heavy (non-hydrogen) atoms. The summed E-state index contributed by atoms with van der Waals surface area (Å²) in [5.41, 5.74) is -0.567. The molecule has 0 saturated carbocycles. The number of hydrogen-bond acceptors (Lipinski definition) is 9. The third-order valence-corrected chi connectivity index (χ3v) is 5.00. The van der Waals surface area contributed by atoms with Crippen LogP contribution >= 0.6 is 7.82 Å². The molecule has 0 bridgehead atoms. The number of aromatic amines is 1. The average Bonchev–Trinajstić information content (AvgIpc) is 3.17. The maximum Gasteiger partial charge on any atom is 0.473 e. The quantitative estimate of drug-likeness (QED) is 0.470. The van der Waals surface area contributed by atoms with Crippen LogP contribution in [0.5, 0.6) is 0 Å². The van der Waals surface area contributed by atoms with E-state index in [0.717, 1.165) is 0 Å². The zero-order valence-electron chi connectivity index (χ0n) is 13.2. The minimum atomic E-state index is -4.28. The van der Waals surface area contributed by atoms with Crippen molar-refractivity contribution in [2.24, 2.45) is 0 Å². The number of aliphatic hydroxyl groups excluding tert-OH is 1. The molecule has 4 heterocycles. The molecule has 2 aromatic rings. The van der Waals surface area contributed by atoms with Crippen molar-refractivity contribution < 1.29 is 33.1 Å². The highest BCUT2D eigenvalue weighted by atomic mass is 31.2. The average molecular weight is 387 g/mol. The van der Waals surface area contributed by atoms with Crippen LogP contribution in [0, 0.1) is 0 Å². The van der Waals surface area contributed by atoms with Crippen molar-refractivity contribution in [1.29, 1.82) is 0 Å². The number of phosphoric ester groups is 1. The number of aliphatic hydroxyl groups is 1. The van der Waals surface area contributed by atoms with E-state index in [9.17, 15) is 24.2 Å². The Bertz CT molecular complexity index is 988. The van der Waals surface area contributed by atoms with Gasteiger partial charge in [0.05, 0.1) is 12.9 Å². The number of rotatable bonds is 3. The van der Waals surface area contributed by atoms with Gasteiger partial charge in [0.25, 0.3) is 5.56 Å². The van der Waals surface area contributed by atoms with Crippen LogP contribution in [0.2, 0.25) is 0 Å². The van der Waals surface area contributed by atoms with Gasteiger partial charge in [-0.2, -0.15) is 4.98 Å². The van der Waals surface area contributed by atoms with E-state index in [1.54, 1.807) is 0 Å². The fourth-order valence-corrected chi connectivity index (χ4v) is 4.13. The van der Waals surface area contributed by atoms with Crippen LogP contribution in [0.4, 0.5) is 5.95 Å². The number of imidazole rings is 1. The normalized spacial score (nSPS) is 33.5. The van der Waals surface area contributed by atoms with Gasteiger partial charge in [-0.3, -0.25) is 33.5 Å². The second kappa shape index (κ2) is 5.94. The second-order valence-corrected chi connectivity index (χ2v) is 7.13. The summed E-state index contributed by atoms with van der Waals surface area (Å²) in [6.45, 7) is 0.777. The minimum Gasteiger partial charge on any atom is -0.394 e. The van der Waals surface area contributed by atoms with Crippen LogP contribution in [0.1, 0.15) is 13.2 Å².